The fourth-order valence-corrected chi connectivity index (χ4v) is 2.68. The second kappa shape index (κ2) is 5.97. The average Bonchev–Trinajstić information content (AvgIpc) is 2.81. The first-order valence-electron chi connectivity index (χ1n) is 5.37. The predicted octanol–water partition coefficient (Wildman–Crippen LogP) is 2.04. The molecule has 0 aliphatic heterocycles. The van der Waals surface area contributed by atoms with Gasteiger partial charge in [-0.1, -0.05) is 17.4 Å². The molecule has 0 bridgehead atoms. The zero-order chi connectivity index (χ0) is 14.7. The lowest BCUT2D eigenvalue weighted by Gasteiger charge is -2.06. The molecule has 0 aliphatic rings. The number of halogens is 1. The largest absolute Gasteiger partial charge is 0.346 e. The quantitative estimate of drug-likeness (QED) is 0.644. The Morgan fingerprint density at radius 3 is 2.85 bits per heavy atom. The molecule has 20 heavy (non-hydrogen) atoms. The first-order valence-corrected chi connectivity index (χ1v) is 7.04. The van der Waals surface area contributed by atoms with Gasteiger partial charge in [-0.25, -0.2) is 0 Å². The molecule has 0 fully saturated rings. The number of thiazole rings is 1. The van der Waals surface area contributed by atoms with E-state index in [1.54, 1.807) is 5.38 Å². The Labute approximate surface area is 124 Å². The number of aromatic amines is 1. The van der Waals surface area contributed by atoms with E-state index in [9.17, 15) is 19.7 Å². The summed E-state index contributed by atoms with van der Waals surface area (Å²) in [6, 6.07) is 4.21. The molecule has 0 saturated heterocycles. The van der Waals surface area contributed by atoms with E-state index in [1.165, 1.54) is 18.2 Å². The van der Waals surface area contributed by atoms with E-state index in [4.69, 9.17) is 0 Å². The summed E-state index contributed by atoms with van der Waals surface area (Å²) in [7, 11) is 0. The number of nitro groups is 1. The van der Waals surface area contributed by atoms with Gasteiger partial charge in [-0.3, -0.25) is 19.7 Å². The molecule has 2 rings (SSSR count). The van der Waals surface area contributed by atoms with Crippen LogP contribution < -0.4 is 10.2 Å². The second-order valence-corrected chi connectivity index (χ2v) is 5.39. The van der Waals surface area contributed by atoms with Crippen molar-refractivity contribution >= 4 is 38.9 Å². The first-order chi connectivity index (χ1) is 9.49. The van der Waals surface area contributed by atoms with Crippen molar-refractivity contribution in [1.82, 2.24) is 10.3 Å². The van der Waals surface area contributed by atoms with Crippen LogP contribution in [0.5, 0.6) is 0 Å². The summed E-state index contributed by atoms with van der Waals surface area (Å²) in [5, 5.41) is 15.0. The Bertz CT molecular complexity index is 724. The third-order valence-electron chi connectivity index (χ3n) is 2.43. The number of carbonyl (C=O) groups is 1. The Kier molecular flexibility index (Phi) is 4.30. The Morgan fingerprint density at radius 1 is 1.50 bits per heavy atom. The molecule has 1 amide bonds. The normalized spacial score (nSPS) is 10.2. The Hall–Kier alpha value is -2.00. The van der Waals surface area contributed by atoms with Gasteiger partial charge in [0.2, 0.25) is 0 Å². The van der Waals surface area contributed by atoms with Gasteiger partial charge < -0.3 is 10.3 Å². The lowest BCUT2D eigenvalue weighted by atomic mass is 10.2. The minimum absolute atomic E-state index is 0.126. The maximum Gasteiger partial charge on any atom is 0.304 e. The van der Waals surface area contributed by atoms with Gasteiger partial charge in [0.1, 0.15) is 4.47 Å². The van der Waals surface area contributed by atoms with Gasteiger partial charge in [-0.05, 0) is 22.0 Å². The van der Waals surface area contributed by atoms with Crippen molar-refractivity contribution in [3.63, 3.8) is 0 Å². The van der Waals surface area contributed by atoms with Crippen molar-refractivity contribution in [2.45, 2.75) is 6.54 Å². The number of benzene rings is 1. The van der Waals surface area contributed by atoms with E-state index in [0.717, 1.165) is 11.3 Å². The smallest absolute Gasteiger partial charge is 0.304 e. The van der Waals surface area contributed by atoms with Crippen molar-refractivity contribution in [3.05, 3.63) is 59.1 Å². The SMILES string of the molecule is O=C(NCc1csc(=O)[nH]1)c1cccc([N+](=O)[O-])c1Br. The van der Waals surface area contributed by atoms with Crippen LogP contribution in [-0.4, -0.2) is 15.8 Å². The van der Waals surface area contributed by atoms with E-state index >= 15 is 0 Å². The molecule has 1 aromatic carbocycles. The summed E-state index contributed by atoms with van der Waals surface area (Å²) in [6.45, 7) is 0.146. The van der Waals surface area contributed by atoms with Crippen molar-refractivity contribution < 1.29 is 9.72 Å². The van der Waals surface area contributed by atoms with Gasteiger partial charge in [0.05, 0.1) is 17.0 Å². The van der Waals surface area contributed by atoms with E-state index in [-0.39, 0.29) is 27.1 Å². The minimum Gasteiger partial charge on any atom is -0.346 e. The fraction of sp³-hybridized carbons (Fsp3) is 0.0909. The molecule has 2 aromatic rings. The molecule has 0 aliphatic carbocycles. The highest BCUT2D eigenvalue weighted by atomic mass is 79.9. The zero-order valence-corrected chi connectivity index (χ0v) is 12.3. The molecule has 1 aromatic heterocycles. The third-order valence-corrected chi connectivity index (χ3v) is 3.98. The van der Waals surface area contributed by atoms with Crippen LogP contribution in [0.25, 0.3) is 0 Å². The topological polar surface area (TPSA) is 105 Å². The van der Waals surface area contributed by atoms with Gasteiger partial charge >= 0.3 is 4.87 Å². The lowest BCUT2D eigenvalue weighted by molar-refractivity contribution is -0.385. The standard InChI is InChI=1S/C11H8BrN3O4S/c12-9-7(2-1-3-8(9)15(18)19)10(16)13-4-6-5-20-11(17)14-6/h1-3,5H,4H2,(H,13,16)(H,14,17). The van der Waals surface area contributed by atoms with Crippen molar-refractivity contribution in [3.8, 4) is 0 Å². The molecule has 104 valence electrons. The molecule has 0 unspecified atom stereocenters. The Morgan fingerprint density at radius 2 is 2.25 bits per heavy atom. The number of rotatable bonds is 4. The number of nitrogens with one attached hydrogen (secondary N) is 2. The molecular formula is C11H8BrN3O4S. The second-order valence-electron chi connectivity index (χ2n) is 3.75. The van der Waals surface area contributed by atoms with Gasteiger partial charge in [0.25, 0.3) is 11.6 Å². The molecule has 0 spiro atoms. The highest BCUT2D eigenvalue weighted by molar-refractivity contribution is 9.10. The van der Waals surface area contributed by atoms with E-state index in [1.807, 2.05) is 0 Å². The highest BCUT2D eigenvalue weighted by Crippen LogP contribution is 2.28. The van der Waals surface area contributed by atoms with Crippen LogP contribution >= 0.6 is 27.3 Å². The van der Waals surface area contributed by atoms with Crippen molar-refractivity contribution in [2.75, 3.05) is 0 Å². The third kappa shape index (κ3) is 3.11. The van der Waals surface area contributed by atoms with Crippen LogP contribution in [-0.2, 0) is 6.54 Å². The fourth-order valence-electron chi connectivity index (χ4n) is 1.51. The molecule has 9 heteroatoms. The van der Waals surface area contributed by atoms with Crippen LogP contribution in [0.15, 0.2) is 32.8 Å². The number of hydrogen-bond donors (Lipinski definition) is 2. The van der Waals surface area contributed by atoms with Gasteiger partial charge in [0.15, 0.2) is 0 Å². The number of amides is 1. The minimum atomic E-state index is -0.572. The van der Waals surface area contributed by atoms with Crippen molar-refractivity contribution in [2.24, 2.45) is 0 Å². The molecule has 2 N–H and O–H groups in total. The molecule has 1 heterocycles. The van der Waals surface area contributed by atoms with Gasteiger partial charge in [-0.15, -0.1) is 0 Å². The van der Waals surface area contributed by atoms with Crippen LogP contribution in [0, 0.1) is 10.1 Å². The molecule has 7 nitrogen and oxygen atoms in total. The van der Waals surface area contributed by atoms with Crippen LogP contribution in [0.2, 0.25) is 0 Å². The Balaban J connectivity index is 2.15. The van der Waals surface area contributed by atoms with Crippen LogP contribution in [0.4, 0.5) is 5.69 Å². The summed E-state index contributed by atoms with van der Waals surface area (Å²) in [5.74, 6) is -0.465. The average molecular weight is 358 g/mol. The van der Waals surface area contributed by atoms with E-state index in [2.05, 4.69) is 26.2 Å². The number of carbonyl (C=O) groups excluding carboxylic acids is 1. The van der Waals surface area contributed by atoms with E-state index in [0.29, 0.717) is 5.69 Å². The van der Waals surface area contributed by atoms with Gasteiger partial charge in [0, 0.05) is 17.1 Å². The zero-order valence-electron chi connectivity index (χ0n) is 9.88. The van der Waals surface area contributed by atoms with Crippen LogP contribution in [0.1, 0.15) is 16.1 Å². The predicted molar refractivity (Wildman–Crippen MR) is 76.9 cm³/mol. The maximum atomic E-state index is 12.0. The summed E-state index contributed by atoms with van der Waals surface area (Å²) in [6.07, 6.45) is 0. The van der Waals surface area contributed by atoms with E-state index < -0.39 is 10.8 Å². The first kappa shape index (κ1) is 14.4. The molecule has 0 atom stereocenters. The highest BCUT2D eigenvalue weighted by Gasteiger charge is 2.19. The number of H-pyrrole nitrogens is 1. The lowest BCUT2D eigenvalue weighted by Crippen LogP contribution is -2.23. The number of hydrogen-bond acceptors (Lipinski definition) is 5. The van der Waals surface area contributed by atoms with Crippen LogP contribution in [0.3, 0.4) is 0 Å². The maximum absolute atomic E-state index is 12.0. The molecular weight excluding hydrogens is 350 g/mol. The van der Waals surface area contributed by atoms with Gasteiger partial charge in [-0.2, -0.15) is 0 Å². The monoisotopic (exact) mass is 357 g/mol. The number of aromatic nitrogens is 1. The molecule has 0 saturated carbocycles. The van der Waals surface area contributed by atoms with Crippen molar-refractivity contribution in [1.29, 1.82) is 0 Å². The number of nitrogens with zero attached hydrogens (tertiary/aromatic N) is 1. The molecule has 0 radical (unpaired) electrons. The summed E-state index contributed by atoms with van der Waals surface area (Å²) >= 11 is 4.05. The summed E-state index contributed by atoms with van der Waals surface area (Å²) < 4.78 is 0.126. The summed E-state index contributed by atoms with van der Waals surface area (Å²) in [4.78, 5) is 35.5. The number of nitro benzene ring substituents is 1. The summed E-state index contributed by atoms with van der Waals surface area (Å²) in [5.41, 5.74) is 0.563.